The van der Waals surface area contributed by atoms with Crippen LogP contribution in [0, 0.1) is 10.1 Å². The average Bonchev–Trinajstić information content (AvgIpc) is 2.27. The van der Waals surface area contributed by atoms with E-state index in [4.69, 9.17) is 15.2 Å². The highest BCUT2D eigenvalue weighted by Crippen LogP contribution is 2.37. The lowest BCUT2D eigenvalue weighted by Gasteiger charge is -2.11. The van der Waals surface area contributed by atoms with Crippen LogP contribution in [0.3, 0.4) is 0 Å². The van der Waals surface area contributed by atoms with Gasteiger partial charge in [-0.1, -0.05) is 0 Å². The molecule has 0 spiro atoms. The predicted octanol–water partition coefficient (Wildman–Crippen LogP) is 1.27. The van der Waals surface area contributed by atoms with E-state index in [1.807, 2.05) is 0 Å². The first-order valence-electron chi connectivity index (χ1n) is 4.46. The van der Waals surface area contributed by atoms with Gasteiger partial charge in [0.2, 0.25) is 0 Å². The van der Waals surface area contributed by atoms with Crippen LogP contribution >= 0.6 is 12.2 Å². The number of nitro groups is 1. The van der Waals surface area contributed by atoms with Crippen molar-refractivity contribution < 1.29 is 14.4 Å². The summed E-state index contributed by atoms with van der Waals surface area (Å²) >= 11 is 4.64. The number of anilines is 1. The highest BCUT2D eigenvalue weighted by molar-refractivity contribution is 7.80. The molecule has 92 valence electrons. The summed E-state index contributed by atoms with van der Waals surface area (Å²) in [5.74, 6) is 0.601. The summed E-state index contributed by atoms with van der Waals surface area (Å²) in [6, 6.07) is 2.63. The summed E-state index contributed by atoms with van der Waals surface area (Å²) in [4.78, 5) is 10.3. The van der Waals surface area contributed by atoms with Crippen LogP contribution < -0.4 is 20.5 Å². The second kappa shape index (κ2) is 5.30. The van der Waals surface area contributed by atoms with Gasteiger partial charge in [0.15, 0.2) is 16.6 Å². The third-order valence-electron chi connectivity index (χ3n) is 1.96. The van der Waals surface area contributed by atoms with Crippen molar-refractivity contribution in [2.24, 2.45) is 5.73 Å². The molecule has 0 amide bonds. The molecule has 1 rings (SSSR count). The van der Waals surface area contributed by atoms with E-state index in [1.165, 1.54) is 26.4 Å². The highest BCUT2D eigenvalue weighted by atomic mass is 32.1. The molecule has 0 atom stereocenters. The van der Waals surface area contributed by atoms with Crippen molar-refractivity contribution in [1.29, 1.82) is 0 Å². The molecule has 0 aromatic heterocycles. The number of nitrogens with two attached hydrogens (primary N) is 1. The van der Waals surface area contributed by atoms with Gasteiger partial charge in [-0.05, 0) is 12.2 Å². The molecule has 0 aliphatic carbocycles. The molecule has 3 N–H and O–H groups in total. The molecular formula is C9H11N3O4S. The minimum absolute atomic E-state index is 0.0691. The van der Waals surface area contributed by atoms with Gasteiger partial charge >= 0.3 is 0 Å². The van der Waals surface area contributed by atoms with Gasteiger partial charge < -0.3 is 20.5 Å². The summed E-state index contributed by atoms with van der Waals surface area (Å²) in [5.41, 5.74) is 5.24. The first kappa shape index (κ1) is 13.0. The molecule has 0 unspecified atom stereocenters. The standard InChI is InChI=1S/C9H11N3O4S/c1-15-7-3-5(11-9(10)17)6(12(13)14)4-8(7)16-2/h3-4H,1-2H3,(H3,10,11,17). The molecule has 0 bridgehead atoms. The van der Waals surface area contributed by atoms with E-state index in [1.54, 1.807) is 0 Å². The van der Waals surface area contributed by atoms with Gasteiger partial charge in [0, 0.05) is 6.07 Å². The van der Waals surface area contributed by atoms with E-state index in [-0.39, 0.29) is 22.2 Å². The van der Waals surface area contributed by atoms with Crippen LogP contribution in [0.5, 0.6) is 11.5 Å². The zero-order valence-electron chi connectivity index (χ0n) is 9.22. The Kier molecular flexibility index (Phi) is 4.05. The number of methoxy groups -OCH3 is 2. The van der Waals surface area contributed by atoms with E-state index < -0.39 is 4.92 Å². The Bertz CT molecular complexity index is 464. The van der Waals surface area contributed by atoms with Gasteiger partial charge in [-0.2, -0.15) is 0 Å². The Balaban J connectivity index is 3.34. The maximum absolute atomic E-state index is 10.9. The SMILES string of the molecule is COc1cc(NC(N)=S)c([N+](=O)[O-])cc1OC. The van der Waals surface area contributed by atoms with Gasteiger partial charge in [-0.25, -0.2) is 0 Å². The summed E-state index contributed by atoms with van der Waals surface area (Å²) in [7, 11) is 2.82. The predicted molar refractivity (Wildman–Crippen MR) is 66.6 cm³/mol. The monoisotopic (exact) mass is 257 g/mol. The van der Waals surface area contributed by atoms with Crippen LogP contribution in [0.1, 0.15) is 0 Å². The van der Waals surface area contributed by atoms with Crippen LogP contribution in [0.25, 0.3) is 0 Å². The fraction of sp³-hybridized carbons (Fsp3) is 0.222. The Morgan fingerprint density at radius 3 is 2.35 bits per heavy atom. The molecule has 0 heterocycles. The van der Waals surface area contributed by atoms with E-state index >= 15 is 0 Å². The molecule has 1 aromatic rings. The Hall–Kier alpha value is -2.09. The molecule has 0 saturated carbocycles. The minimum Gasteiger partial charge on any atom is -0.493 e. The number of nitro benzene ring substituents is 1. The van der Waals surface area contributed by atoms with Crippen LogP contribution in [-0.4, -0.2) is 24.3 Å². The van der Waals surface area contributed by atoms with Gasteiger partial charge in [-0.15, -0.1) is 0 Å². The van der Waals surface area contributed by atoms with E-state index in [0.717, 1.165) is 0 Å². The van der Waals surface area contributed by atoms with Crippen molar-refractivity contribution in [2.75, 3.05) is 19.5 Å². The van der Waals surface area contributed by atoms with Gasteiger partial charge in [0.1, 0.15) is 5.69 Å². The fourth-order valence-corrected chi connectivity index (χ4v) is 1.36. The number of nitrogens with zero attached hydrogens (tertiary/aromatic N) is 1. The normalized spacial score (nSPS) is 9.53. The third kappa shape index (κ3) is 2.94. The van der Waals surface area contributed by atoms with Crippen LogP contribution in [-0.2, 0) is 0 Å². The van der Waals surface area contributed by atoms with Crippen molar-refractivity contribution in [1.82, 2.24) is 0 Å². The van der Waals surface area contributed by atoms with Crippen LogP contribution in [0.15, 0.2) is 12.1 Å². The smallest absolute Gasteiger partial charge is 0.296 e. The van der Waals surface area contributed by atoms with Crippen molar-refractivity contribution in [3.63, 3.8) is 0 Å². The lowest BCUT2D eigenvalue weighted by Crippen LogP contribution is -2.19. The molecule has 0 fully saturated rings. The first-order valence-corrected chi connectivity index (χ1v) is 4.87. The maximum atomic E-state index is 10.9. The average molecular weight is 257 g/mol. The summed E-state index contributed by atoms with van der Waals surface area (Å²) in [6.45, 7) is 0. The largest absolute Gasteiger partial charge is 0.493 e. The molecule has 1 aromatic carbocycles. The van der Waals surface area contributed by atoms with Crippen LogP contribution in [0.2, 0.25) is 0 Å². The third-order valence-corrected chi connectivity index (χ3v) is 2.06. The van der Waals surface area contributed by atoms with Gasteiger partial charge in [0.25, 0.3) is 5.69 Å². The molecule has 8 heteroatoms. The number of rotatable bonds is 4. The summed E-state index contributed by atoms with van der Waals surface area (Å²) in [6.07, 6.45) is 0. The molecule has 0 radical (unpaired) electrons. The van der Waals surface area contributed by atoms with E-state index in [0.29, 0.717) is 5.75 Å². The maximum Gasteiger partial charge on any atom is 0.296 e. The topological polar surface area (TPSA) is 99.7 Å². The number of benzene rings is 1. The molecule has 0 aliphatic rings. The summed E-state index contributed by atoms with van der Waals surface area (Å²) < 4.78 is 9.99. The number of hydrogen-bond acceptors (Lipinski definition) is 5. The second-order valence-electron chi connectivity index (χ2n) is 2.97. The molecule has 17 heavy (non-hydrogen) atoms. The first-order chi connectivity index (χ1) is 7.99. The zero-order chi connectivity index (χ0) is 13.0. The van der Waals surface area contributed by atoms with Gasteiger partial charge in [0.05, 0.1) is 25.2 Å². The number of nitrogens with one attached hydrogen (secondary N) is 1. The van der Waals surface area contributed by atoms with Crippen molar-refractivity contribution >= 4 is 28.7 Å². The second-order valence-corrected chi connectivity index (χ2v) is 3.41. The fourth-order valence-electron chi connectivity index (χ4n) is 1.25. The Morgan fingerprint density at radius 2 is 1.94 bits per heavy atom. The number of hydrogen-bond donors (Lipinski definition) is 2. The minimum atomic E-state index is -0.567. The lowest BCUT2D eigenvalue weighted by molar-refractivity contribution is -0.384. The summed E-state index contributed by atoms with van der Waals surface area (Å²) in [5, 5.41) is 13.3. The van der Waals surface area contributed by atoms with E-state index in [9.17, 15) is 10.1 Å². The number of ether oxygens (including phenoxy) is 2. The van der Waals surface area contributed by atoms with Crippen molar-refractivity contribution in [3.05, 3.63) is 22.2 Å². The highest BCUT2D eigenvalue weighted by Gasteiger charge is 2.19. The van der Waals surface area contributed by atoms with Gasteiger partial charge in [-0.3, -0.25) is 10.1 Å². The number of thiocarbonyl (C=S) groups is 1. The molecule has 7 nitrogen and oxygen atoms in total. The quantitative estimate of drug-likeness (QED) is 0.476. The lowest BCUT2D eigenvalue weighted by atomic mass is 10.2. The zero-order valence-corrected chi connectivity index (χ0v) is 10.0. The molecular weight excluding hydrogens is 246 g/mol. The molecule has 0 aliphatic heterocycles. The Labute approximate surface area is 103 Å². The molecule has 0 saturated heterocycles. The van der Waals surface area contributed by atoms with Crippen LogP contribution in [0.4, 0.5) is 11.4 Å². The van der Waals surface area contributed by atoms with Crippen molar-refractivity contribution in [3.8, 4) is 11.5 Å². The van der Waals surface area contributed by atoms with Crippen molar-refractivity contribution in [2.45, 2.75) is 0 Å². The van der Waals surface area contributed by atoms with E-state index in [2.05, 4.69) is 17.5 Å². The Morgan fingerprint density at radius 1 is 1.41 bits per heavy atom.